The SMILES string of the molecule is O=C(NCCc1ccccc1)c1noc(C(=O)NCCc2ccccc2)c1-c1ccccc1F. The second-order valence-corrected chi connectivity index (χ2v) is 7.70. The van der Waals surface area contributed by atoms with E-state index >= 15 is 0 Å². The monoisotopic (exact) mass is 457 g/mol. The molecule has 0 aliphatic heterocycles. The Morgan fingerprint density at radius 1 is 0.735 bits per heavy atom. The lowest BCUT2D eigenvalue weighted by molar-refractivity contribution is 0.0909. The second-order valence-electron chi connectivity index (χ2n) is 7.70. The fourth-order valence-corrected chi connectivity index (χ4v) is 3.61. The highest BCUT2D eigenvalue weighted by molar-refractivity contribution is 6.06. The molecule has 4 aromatic rings. The molecular weight excluding hydrogens is 433 g/mol. The Labute approximate surface area is 196 Å². The molecule has 7 heteroatoms. The summed E-state index contributed by atoms with van der Waals surface area (Å²) in [6.07, 6.45) is 1.23. The maximum atomic E-state index is 14.7. The van der Waals surface area contributed by atoms with Gasteiger partial charge < -0.3 is 15.2 Å². The number of benzene rings is 3. The maximum absolute atomic E-state index is 14.7. The van der Waals surface area contributed by atoms with E-state index in [1.54, 1.807) is 6.07 Å². The van der Waals surface area contributed by atoms with Gasteiger partial charge in [0.15, 0.2) is 5.69 Å². The fourth-order valence-electron chi connectivity index (χ4n) is 3.61. The highest BCUT2D eigenvalue weighted by atomic mass is 19.1. The maximum Gasteiger partial charge on any atom is 0.290 e. The number of hydrogen-bond acceptors (Lipinski definition) is 4. The number of amides is 2. The van der Waals surface area contributed by atoms with Gasteiger partial charge in [0.2, 0.25) is 5.76 Å². The predicted octanol–water partition coefficient (Wildman–Crippen LogP) is 4.43. The molecule has 0 radical (unpaired) electrons. The molecule has 34 heavy (non-hydrogen) atoms. The van der Waals surface area contributed by atoms with Crippen LogP contribution in [-0.2, 0) is 12.8 Å². The standard InChI is InChI=1S/C27H24FN3O3/c28-22-14-8-7-13-21(22)23-24(26(32)29-17-15-19-9-3-1-4-10-19)31-34-25(23)27(33)30-18-16-20-11-5-2-6-12-20/h1-14H,15-18H2,(H,29,32)(H,30,33). The molecule has 0 saturated carbocycles. The van der Waals surface area contributed by atoms with E-state index in [9.17, 15) is 14.0 Å². The van der Waals surface area contributed by atoms with E-state index in [4.69, 9.17) is 4.52 Å². The summed E-state index contributed by atoms with van der Waals surface area (Å²) in [5, 5.41) is 9.38. The summed E-state index contributed by atoms with van der Waals surface area (Å²) in [6, 6.07) is 25.3. The molecule has 172 valence electrons. The van der Waals surface area contributed by atoms with Gasteiger partial charge in [-0.15, -0.1) is 0 Å². The molecule has 6 nitrogen and oxygen atoms in total. The van der Waals surface area contributed by atoms with Gasteiger partial charge in [0.1, 0.15) is 5.82 Å². The first-order chi connectivity index (χ1) is 16.6. The van der Waals surface area contributed by atoms with E-state index in [1.807, 2.05) is 60.7 Å². The average molecular weight is 458 g/mol. The Morgan fingerprint density at radius 2 is 1.26 bits per heavy atom. The molecule has 0 unspecified atom stereocenters. The molecule has 2 amide bonds. The van der Waals surface area contributed by atoms with E-state index in [1.165, 1.54) is 18.2 Å². The molecule has 1 aromatic heterocycles. The summed E-state index contributed by atoms with van der Waals surface area (Å²) in [6.45, 7) is 0.698. The molecule has 1 heterocycles. The lowest BCUT2D eigenvalue weighted by atomic mass is 10.0. The van der Waals surface area contributed by atoms with Crippen molar-refractivity contribution in [3.05, 3.63) is 113 Å². The van der Waals surface area contributed by atoms with Crippen LogP contribution in [0.25, 0.3) is 11.1 Å². The van der Waals surface area contributed by atoms with Crippen molar-refractivity contribution in [3.63, 3.8) is 0 Å². The zero-order valence-electron chi connectivity index (χ0n) is 18.5. The molecule has 4 rings (SSSR count). The van der Waals surface area contributed by atoms with Crippen LogP contribution in [0.2, 0.25) is 0 Å². The predicted molar refractivity (Wildman–Crippen MR) is 127 cm³/mol. The first-order valence-corrected chi connectivity index (χ1v) is 11.0. The summed E-state index contributed by atoms with van der Waals surface area (Å²) < 4.78 is 19.9. The van der Waals surface area contributed by atoms with Crippen molar-refractivity contribution >= 4 is 11.8 Å². The number of nitrogens with zero attached hydrogens (tertiary/aromatic N) is 1. The highest BCUT2D eigenvalue weighted by Crippen LogP contribution is 2.30. The summed E-state index contributed by atoms with van der Waals surface area (Å²) in [4.78, 5) is 25.8. The van der Waals surface area contributed by atoms with Gasteiger partial charge in [0.05, 0.1) is 5.56 Å². The van der Waals surface area contributed by atoms with Crippen molar-refractivity contribution in [2.45, 2.75) is 12.8 Å². The summed E-state index contributed by atoms with van der Waals surface area (Å²) in [7, 11) is 0. The summed E-state index contributed by atoms with van der Waals surface area (Å²) >= 11 is 0. The molecule has 0 saturated heterocycles. The molecule has 0 atom stereocenters. The molecular formula is C27H24FN3O3. The first kappa shape index (κ1) is 22.9. The van der Waals surface area contributed by atoms with Gasteiger partial charge in [-0.25, -0.2) is 4.39 Å². The van der Waals surface area contributed by atoms with Crippen LogP contribution in [0.1, 0.15) is 32.2 Å². The van der Waals surface area contributed by atoms with E-state index in [-0.39, 0.29) is 22.6 Å². The third-order valence-electron chi connectivity index (χ3n) is 5.34. The Bertz CT molecular complexity index is 1180. The van der Waals surface area contributed by atoms with Gasteiger partial charge in [-0.3, -0.25) is 9.59 Å². The molecule has 0 aliphatic carbocycles. The number of hydrogen-bond donors (Lipinski definition) is 2. The van der Waals surface area contributed by atoms with Gasteiger partial charge in [-0.05, 0) is 30.0 Å². The van der Waals surface area contributed by atoms with Crippen LogP contribution < -0.4 is 10.6 Å². The van der Waals surface area contributed by atoms with Crippen molar-refractivity contribution in [1.29, 1.82) is 0 Å². The van der Waals surface area contributed by atoms with E-state index in [0.717, 1.165) is 11.1 Å². The van der Waals surface area contributed by atoms with Gasteiger partial charge in [-0.1, -0.05) is 84.0 Å². The zero-order valence-corrected chi connectivity index (χ0v) is 18.5. The van der Waals surface area contributed by atoms with E-state index in [2.05, 4.69) is 15.8 Å². The van der Waals surface area contributed by atoms with Crippen LogP contribution in [-0.4, -0.2) is 30.1 Å². The Hall–Kier alpha value is -4.26. The van der Waals surface area contributed by atoms with Crippen molar-refractivity contribution in [1.82, 2.24) is 15.8 Å². The number of nitrogens with one attached hydrogen (secondary N) is 2. The summed E-state index contributed by atoms with van der Waals surface area (Å²) in [5.41, 5.74) is 2.10. The van der Waals surface area contributed by atoms with Gasteiger partial charge in [-0.2, -0.15) is 0 Å². The number of aromatic nitrogens is 1. The average Bonchev–Trinajstić information content (AvgIpc) is 3.31. The van der Waals surface area contributed by atoms with Crippen LogP contribution in [0.4, 0.5) is 4.39 Å². The topological polar surface area (TPSA) is 84.2 Å². The van der Waals surface area contributed by atoms with E-state index in [0.29, 0.717) is 25.9 Å². The van der Waals surface area contributed by atoms with Gasteiger partial charge >= 0.3 is 0 Å². The zero-order chi connectivity index (χ0) is 23.8. The smallest absolute Gasteiger partial charge is 0.290 e. The fraction of sp³-hybridized carbons (Fsp3) is 0.148. The number of carbonyl (C=O) groups excluding carboxylic acids is 2. The lowest BCUT2D eigenvalue weighted by Gasteiger charge is -2.08. The Kier molecular flexibility index (Phi) is 7.45. The molecule has 3 aromatic carbocycles. The quantitative estimate of drug-likeness (QED) is 0.390. The minimum absolute atomic E-state index is 0.0347. The minimum Gasteiger partial charge on any atom is -0.350 e. The van der Waals surface area contributed by atoms with Crippen LogP contribution in [0.15, 0.2) is 89.5 Å². The largest absolute Gasteiger partial charge is 0.350 e. The number of rotatable bonds is 9. The normalized spacial score (nSPS) is 10.6. The molecule has 0 bridgehead atoms. The third-order valence-corrected chi connectivity index (χ3v) is 5.34. The van der Waals surface area contributed by atoms with E-state index < -0.39 is 17.6 Å². The number of halogens is 1. The summed E-state index contributed by atoms with van der Waals surface area (Å²) in [5.74, 6) is -1.89. The van der Waals surface area contributed by atoms with Crippen LogP contribution in [0.5, 0.6) is 0 Å². The molecule has 2 N–H and O–H groups in total. The molecule has 0 fully saturated rings. The van der Waals surface area contributed by atoms with Crippen molar-refractivity contribution in [2.24, 2.45) is 0 Å². The van der Waals surface area contributed by atoms with Gasteiger partial charge in [0, 0.05) is 18.7 Å². The van der Waals surface area contributed by atoms with Crippen molar-refractivity contribution in [3.8, 4) is 11.1 Å². The van der Waals surface area contributed by atoms with Crippen molar-refractivity contribution in [2.75, 3.05) is 13.1 Å². The van der Waals surface area contributed by atoms with Crippen LogP contribution in [0.3, 0.4) is 0 Å². The molecule has 0 aliphatic rings. The minimum atomic E-state index is -0.581. The lowest BCUT2D eigenvalue weighted by Crippen LogP contribution is -2.28. The second kappa shape index (κ2) is 11.0. The Balaban J connectivity index is 1.52. The molecule has 0 spiro atoms. The Morgan fingerprint density at radius 3 is 1.85 bits per heavy atom. The highest BCUT2D eigenvalue weighted by Gasteiger charge is 2.28. The number of carbonyl (C=O) groups is 2. The van der Waals surface area contributed by atoms with Crippen LogP contribution >= 0.6 is 0 Å². The van der Waals surface area contributed by atoms with Gasteiger partial charge in [0.25, 0.3) is 11.8 Å². The van der Waals surface area contributed by atoms with Crippen LogP contribution in [0, 0.1) is 5.82 Å². The first-order valence-electron chi connectivity index (χ1n) is 11.0. The third kappa shape index (κ3) is 5.56. The van der Waals surface area contributed by atoms with Crippen molar-refractivity contribution < 1.29 is 18.5 Å².